The fourth-order valence-corrected chi connectivity index (χ4v) is 3.64. The Labute approximate surface area is 204 Å². The molecule has 10 heteroatoms. The molecule has 186 valence electrons. The van der Waals surface area contributed by atoms with Crippen molar-refractivity contribution >= 4 is 22.4 Å². The molecule has 0 saturated carbocycles. The van der Waals surface area contributed by atoms with Gasteiger partial charge in [0.1, 0.15) is 11.5 Å². The van der Waals surface area contributed by atoms with Crippen LogP contribution in [-0.4, -0.2) is 22.3 Å². The third-order valence-electron chi connectivity index (χ3n) is 5.30. The third-order valence-corrected chi connectivity index (χ3v) is 5.30. The van der Waals surface area contributed by atoms with Crippen molar-refractivity contribution in [3.05, 3.63) is 88.3 Å². The molecule has 0 bridgehead atoms. The summed E-state index contributed by atoms with van der Waals surface area (Å²) < 4.78 is 52.4. The van der Waals surface area contributed by atoms with Gasteiger partial charge in [-0.3, -0.25) is 9.59 Å². The van der Waals surface area contributed by atoms with Gasteiger partial charge in [0.15, 0.2) is 5.75 Å². The van der Waals surface area contributed by atoms with Crippen molar-refractivity contribution in [2.75, 3.05) is 11.9 Å². The fourth-order valence-electron chi connectivity index (χ4n) is 3.64. The van der Waals surface area contributed by atoms with Crippen LogP contribution in [0, 0.1) is 0 Å². The molecule has 1 amide bonds. The average Bonchev–Trinajstić information content (AvgIpc) is 2.84. The molecule has 0 aliphatic heterocycles. The van der Waals surface area contributed by atoms with Gasteiger partial charge in [-0.15, -0.1) is 0 Å². The predicted molar refractivity (Wildman–Crippen MR) is 128 cm³/mol. The maximum Gasteiger partial charge on any atom is 0.416 e. The van der Waals surface area contributed by atoms with Crippen LogP contribution in [0.4, 0.5) is 18.9 Å². The molecule has 1 N–H and O–H groups in total. The molecule has 0 aliphatic carbocycles. The van der Waals surface area contributed by atoms with Crippen LogP contribution in [0.1, 0.15) is 18.2 Å². The van der Waals surface area contributed by atoms with E-state index < -0.39 is 17.6 Å². The van der Waals surface area contributed by atoms with Crippen LogP contribution in [0.25, 0.3) is 10.8 Å². The molecular formula is C26H22F3N3O4. The highest BCUT2D eigenvalue weighted by Crippen LogP contribution is 2.37. The van der Waals surface area contributed by atoms with Crippen molar-refractivity contribution in [2.45, 2.75) is 19.5 Å². The summed E-state index contributed by atoms with van der Waals surface area (Å²) in [5.74, 6) is 0.364. The van der Waals surface area contributed by atoms with Crippen LogP contribution < -0.4 is 20.3 Å². The molecule has 0 fully saturated rings. The van der Waals surface area contributed by atoms with E-state index in [-0.39, 0.29) is 23.4 Å². The van der Waals surface area contributed by atoms with E-state index in [4.69, 9.17) is 9.47 Å². The Hall–Kier alpha value is -4.34. The molecule has 0 unspecified atom stereocenters. The second kappa shape index (κ2) is 10.1. The summed E-state index contributed by atoms with van der Waals surface area (Å²) >= 11 is 0. The SMILES string of the molecule is CCOc1ccc(Oc2ccc(C(F)(F)F)cc2NC(=O)Cc2nn(C)c(=O)c3ccccc23)cc1. The van der Waals surface area contributed by atoms with Crippen LogP contribution in [0.2, 0.25) is 0 Å². The van der Waals surface area contributed by atoms with Crippen molar-refractivity contribution in [1.29, 1.82) is 0 Å². The first-order valence-corrected chi connectivity index (χ1v) is 11.0. The number of ether oxygens (including phenoxy) is 2. The molecule has 0 atom stereocenters. The number of carbonyl (C=O) groups excluding carboxylic acids is 1. The van der Waals surface area contributed by atoms with Crippen LogP contribution in [0.5, 0.6) is 17.2 Å². The molecule has 7 nitrogen and oxygen atoms in total. The minimum Gasteiger partial charge on any atom is -0.494 e. The Morgan fingerprint density at radius 1 is 1.00 bits per heavy atom. The molecule has 0 spiro atoms. The second-order valence-electron chi connectivity index (χ2n) is 7.86. The number of fused-ring (bicyclic) bond motifs is 1. The van der Waals surface area contributed by atoms with Crippen molar-refractivity contribution in [2.24, 2.45) is 7.05 Å². The van der Waals surface area contributed by atoms with Crippen LogP contribution in [0.3, 0.4) is 0 Å². The van der Waals surface area contributed by atoms with E-state index in [1.165, 1.54) is 7.05 Å². The maximum absolute atomic E-state index is 13.4. The quantitative estimate of drug-likeness (QED) is 0.374. The molecule has 0 radical (unpaired) electrons. The lowest BCUT2D eigenvalue weighted by molar-refractivity contribution is -0.137. The van der Waals surface area contributed by atoms with Crippen molar-refractivity contribution < 1.29 is 27.4 Å². The summed E-state index contributed by atoms with van der Waals surface area (Å²) in [6.45, 7) is 2.32. The number of alkyl halides is 3. The standard InChI is InChI=1S/C26H22F3N3O4/c1-3-35-17-9-11-18(12-10-17)36-23-13-8-16(26(27,28)29)14-22(23)30-24(33)15-21-19-6-4-5-7-20(19)25(34)32(2)31-21/h4-14H,3,15H2,1-2H3,(H,30,33). The zero-order valence-electron chi connectivity index (χ0n) is 19.4. The predicted octanol–water partition coefficient (Wildman–Crippen LogP) is 5.32. The van der Waals surface area contributed by atoms with Gasteiger partial charge >= 0.3 is 6.18 Å². The normalized spacial score (nSPS) is 11.4. The van der Waals surface area contributed by atoms with E-state index in [1.54, 1.807) is 48.5 Å². The van der Waals surface area contributed by atoms with Crippen LogP contribution in [-0.2, 0) is 24.4 Å². The van der Waals surface area contributed by atoms with Gasteiger partial charge in [0.25, 0.3) is 5.56 Å². The molecule has 3 aromatic carbocycles. The summed E-state index contributed by atoms with van der Waals surface area (Å²) in [5, 5.41) is 7.56. The number of nitrogens with one attached hydrogen (secondary N) is 1. The summed E-state index contributed by atoms with van der Waals surface area (Å²) in [7, 11) is 1.46. The zero-order valence-corrected chi connectivity index (χ0v) is 19.4. The average molecular weight is 497 g/mol. The van der Waals surface area contributed by atoms with E-state index in [2.05, 4.69) is 10.4 Å². The Bertz CT molecular complexity index is 1460. The van der Waals surface area contributed by atoms with Gasteiger partial charge in [0, 0.05) is 12.4 Å². The second-order valence-corrected chi connectivity index (χ2v) is 7.86. The number of anilines is 1. The van der Waals surface area contributed by atoms with Crippen molar-refractivity contribution in [3.63, 3.8) is 0 Å². The number of carbonyl (C=O) groups is 1. The van der Waals surface area contributed by atoms with Gasteiger partial charge in [0.2, 0.25) is 5.91 Å². The highest BCUT2D eigenvalue weighted by atomic mass is 19.4. The smallest absolute Gasteiger partial charge is 0.416 e. The van der Waals surface area contributed by atoms with E-state index in [0.29, 0.717) is 34.6 Å². The van der Waals surface area contributed by atoms with Crippen LogP contribution in [0.15, 0.2) is 71.5 Å². The summed E-state index contributed by atoms with van der Waals surface area (Å²) in [6, 6.07) is 16.1. The molecule has 4 aromatic rings. The number of benzene rings is 3. The van der Waals surface area contributed by atoms with Crippen LogP contribution >= 0.6 is 0 Å². The molecule has 4 rings (SSSR count). The van der Waals surface area contributed by atoms with Gasteiger partial charge in [0.05, 0.1) is 35.4 Å². The maximum atomic E-state index is 13.4. The number of halogens is 3. The van der Waals surface area contributed by atoms with Gasteiger partial charge in [-0.05, 0) is 55.5 Å². The van der Waals surface area contributed by atoms with E-state index in [9.17, 15) is 22.8 Å². The van der Waals surface area contributed by atoms with Gasteiger partial charge < -0.3 is 14.8 Å². The number of nitrogens with zero attached hydrogens (tertiary/aromatic N) is 2. The summed E-state index contributed by atoms with van der Waals surface area (Å²) in [5.41, 5.74) is -1.11. The lowest BCUT2D eigenvalue weighted by Crippen LogP contribution is -2.24. The zero-order chi connectivity index (χ0) is 25.9. The van der Waals surface area contributed by atoms with Gasteiger partial charge in [-0.1, -0.05) is 18.2 Å². The number of amides is 1. The van der Waals surface area contributed by atoms with Crippen molar-refractivity contribution in [3.8, 4) is 17.2 Å². The summed E-state index contributed by atoms with van der Waals surface area (Å²) in [4.78, 5) is 25.2. The number of hydrogen-bond acceptors (Lipinski definition) is 5. The molecule has 0 saturated heterocycles. The number of aromatic nitrogens is 2. The highest BCUT2D eigenvalue weighted by molar-refractivity contribution is 5.96. The number of rotatable bonds is 7. The summed E-state index contributed by atoms with van der Waals surface area (Å²) in [6.07, 6.45) is -4.89. The Morgan fingerprint density at radius 2 is 1.67 bits per heavy atom. The monoisotopic (exact) mass is 497 g/mol. The van der Waals surface area contributed by atoms with Gasteiger partial charge in [-0.2, -0.15) is 18.3 Å². The van der Waals surface area contributed by atoms with E-state index in [1.807, 2.05) is 6.92 Å². The first kappa shape index (κ1) is 24.8. The fraction of sp³-hybridized carbons (Fsp3) is 0.192. The minimum atomic E-state index is -4.62. The Morgan fingerprint density at radius 3 is 2.33 bits per heavy atom. The third kappa shape index (κ3) is 5.48. The highest BCUT2D eigenvalue weighted by Gasteiger charge is 2.31. The largest absolute Gasteiger partial charge is 0.494 e. The lowest BCUT2D eigenvalue weighted by Gasteiger charge is -2.16. The molecular weight excluding hydrogens is 475 g/mol. The molecule has 0 aliphatic rings. The van der Waals surface area contributed by atoms with Crippen molar-refractivity contribution in [1.82, 2.24) is 9.78 Å². The lowest BCUT2D eigenvalue weighted by atomic mass is 10.1. The minimum absolute atomic E-state index is 0.0267. The van der Waals surface area contributed by atoms with E-state index in [0.717, 1.165) is 22.9 Å². The topological polar surface area (TPSA) is 82.4 Å². The Kier molecular flexibility index (Phi) is 6.96. The first-order chi connectivity index (χ1) is 17.2. The number of hydrogen-bond donors (Lipinski definition) is 1. The molecule has 36 heavy (non-hydrogen) atoms. The number of aryl methyl sites for hydroxylation is 1. The molecule has 1 aromatic heterocycles. The molecule has 1 heterocycles. The van der Waals surface area contributed by atoms with E-state index >= 15 is 0 Å². The van der Waals surface area contributed by atoms with Gasteiger partial charge in [-0.25, -0.2) is 4.68 Å². The first-order valence-electron chi connectivity index (χ1n) is 11.0. The Balaban J connectivity index is 1.63.